The summed E-state index contributed by atoms with van der Waals surface area (Å²) < 4.78 is 0. The normalized spacial score (nSPS) is 15.3. The van der Waals surface area contributed by atoms with Crippen LogP contribution < -0.4 is 27.4 Å². The highest BCUT2D eigenvalue weighted by Gasteiger charge is 2.32. The maximum atomic E-state index is 13.1. The summed E-state index contributed by atoms with van der Waals surface area (Å²) in [6.45, 7) is 3.56. The van der Waals surface area contributed by atoms with Crippen molar-refractivity contribution < 1.29 is 29.1 Å². The number of nitrogens with one attached hydrogen (secondary N) is 4. The molecule has 0 radical (unpaired) electrons. The van der Waals surface area contributed by atoms with Crippen LogP contribution in [0.25, 0.3) is 0 Å². The number of nitrogens with two attached hydrogens (primary N) is 2. The minimum Gasteiger partial charge on any atom is -0.480 e. The molecule has 1 rings (SSSR count). The maximum Gasteiger partial charge on any atom is 0.327 e. The third kappa shape index (κ3) is 9.39. The van der Waals surface area contributed by atoms with E-state index in [0.717, 1.165) is 0 Å². The summed E-state index contributed by atoms with van der Waals surface area (Å²) in [5.41, 5.74) is 11.4. The largest absolute Gasteiger partial charge is 0.480 e. The third-order valence-corrected chi connectivity index (χ3v) is 5.61. The molecule has 0 spiro atoms. The number of aliphatic carboxylic acids is 1. The molecule has 5 unspecified atom stereocenters. The number of rotatable bonds is 15. The maximum absolute atomic E-state index is 13.1. The van der Waals surface area contributed by atoms with Crippen LogP contribution in [0.3, 0.4) is 0 Å². The van der Waals surface area contributed by atoms with Gasteiger partial charge in [-0.2, -0.15) is 12.6 Å². The number of carbonyl (C=O) groups is 5. The molecular formula is C20H33N7O6S. The average Bonchev–Trinajstić information content (AvgIpc) is 3.30. The van der Waals surface area contributed by atoms with Gasteiger partial charge in [-0.05, 0) is 12.3 Å². The van der Waals surface area contributed by atoms with Crippen molar-refractivity contribution in [1.82, 2.24) is 25.9 Å². The zero-order valence-corrected chi connectivity index (χ0v) is 20.0. The molecule has 13 nitrogen and oxygen atoms in total. The van der Waals surface area contributed by atoms with Crippen LogP contribution in [0.15, 0.2) is 12.5 Å². The molecule has 0 saturated carbocycles. The van der Waals surface area contributed by atoms with E-state index in [9.17, 15) is 29.1 Å². The van der Waals surface area contributed by atoms with Crippen LogP contribution in [-0.2, 0) is 30.4 Å². The lowest BCUT2D eigenvalue weighted by molar-refractivity contribution is -0.141. The monoisotopic (exact) mass is 499 g/mol. The number of thiol groups is 1. The lowest BCUT2D eigenvalue weighted by Crippen LogP contribution is -2.59. The van der Waals surface area contributed by atoms with Crippen molar-refractivity contribution in [3.63, 3.8) is 0 Å². The van der Waals surface area contributed by atoms with E-state index in [1.807, 2.05) is 6.92 Å². The molecule has 34 heavy (non-hydrogen) atoms. The zero-order chi connectivity index (χ0) is 25.8. The quantitative estimate of drug-likeness (QED) is 0.126. The van der Waals surface area contributed by atoms with Crippen molar-refractivity contribution in [3.05, 3.63) is 18.2 Å². The lowest BCUT2D eigenvalue weighted by Gasteiger charge is -2.27. The number of carbonyl (C=O) groups excluding carboxylic acids is 4. The lowest BCUT2D eigenvalue weighted by atomic mass is 9.97. The first-order valence-electron chi connectivity index (χ1n) is 10.8. The van der Waals surface area contributed by atoms with Gasteiger partial charge in [0.05, 0.1) is 12.4 Å². The van der Waals surface area contributed by atoms with Gasteiger partial charge in [-0.15, -0.1) is 0 Å². The average molecular weight is 500 g/mol. The second-order valence-corrected chi connectivity index (χ2v) is 8.27. The van der Waals surface area contributed by atoms with E-state index in [1.54, 1.807) is 6.92 Å². The van der Waals surface area contributed by atoms with Gasteiger partial charge in [0.25, 0.3) is 0 Å². The van der Waals surface area contributed by atoms with E-state index in [-0.39, 0.29) is 30.9 Å². The molecule has 14 heteroatoms. The first kappa shape index (κ1) is 28.9. The Bertz CT molecular complexity index is 850. The number of hydrogen-bond donors (Lipinski definition) is 8. The summed E-state index contributed by atoms with van der Waals surface area (Å²) in [5.74, 6) is -4.39. The SMILES string of the molecule is CCC(C)C(NC(=O)C(N)CCC(N)=O)C(=O)NC(Cc1cnc[nH]1)C(=O)NC(CS)C(=O)O. The standard InChI is InChI=1S/C20H33N7O6S/c1-3-10(2)16(27-17(29)12(21)4-5-15(22)28)19(31)25-13(6-11-7-23-9-24-11)18(30)26-14(8-34)20(32)33/h7,9-10,12-14,16,34H,3-6,8,21H2,1-2H3,(H2,22,28)(H,23,24)(H,25,31)(H,26,30)(H,27,29)(H,32,33). The summed E-state index contributed by atoms with van der Waals surface area (Å²) in [7, 11) is 0. The summed E-state index contributed by atoms with van der Waals surface area (Å²) in [6, 6.07) is -4.51. The minimum absolute atomic E-state index is 0.00418. The topological polar surface area (TPSA) is 222 Å². The van der Waals surface area contributed by atoms with Crippen LogP contribution >= 0.6 is 12.6 Å². The Morgan fingerprint density at radius 1 is 1.12 bits per heavy atom. The van der Waals surface area contributed by atoms with Crippen molar-refractivity contribution in [2.24, 2.45) is 17.4 Å². The number of imidazole rings is 1. The van der Waals surface area contributed by atoms with Crippen LogP contribution in [0.1, 0.15) is 38.8 Å². The van der Waals surface area contributed by atoms with E-state index in [4.69, 9.17) is 11.5 Å². The summed E-state index contributed by atoms with van der Waals surface area (Å²) in [6.07, 6.45) is 3.31. The van der Waals surface area contributed by atoms with Crippen molar-refractivity contribution in [1.29, 1.82) is 0 Å². The molecule has 0 fully saturated rings. The number of amides is 4. The van der Waals surface area contributed by atoms with Gasteiger partial charge in [0, 0.05) is 30.5 Å². The number of primary amides is 1. The Hall–Kier alpha value is -3.13. The number of H-pyrrole nitrogens is 1. The molecule has 1 aromatic heterocycles. The Kier molecular flexibility index (Phi) is 12.1. The minimum atomic E-state index is -1.27. The molecule has 0 aliphatic heterocycles. The van der Waals surface area contributed by atoms with Gasteiger partial charge in [0.1, 0.15) is 18.1 Å². The first-order valence-corrected chi connectivity index (χ1v) is 11.4. The van der Waals surface area contributed by atoms with Crippen LogP contribution in [0.4, 0.5) is 0 Å². The zero-order valence-electron chi connectivity index (χ0n) is 19.1. The summed E-state index contributed by atoms with van der Waals surface area (Å²) >= 11 is 3.93. The fourth-order valence-electron chi connectivity index (χ4n) is 2.94. The van der Waals surface area contributed by atoms with Gasteiger partial charge >= 0.3 is 5.97 Å². The first-order chi connectivity index (χ1) is 16.0. The number of aromatic amines is 1. The molecule has 0 aromatic carbocycles. The molecule has 0 saturated heterocycles. The molecule has 1 heterocycles. The predicted octanol–water partition coefficient (Wildman–Crippen LogP) is -1.94. The third-order valence-electron chi connectivity index (χ3n) is 5.24. The van der Waals surface area contributed by atoms with Gasteiger partial charge in [0.15, 0.2) is 0 Å². The van der Waals surface area contributed by atoms with E-state index in [2.05, 4.69) is 38.5 Å². The van der Waals surface area contributed by atoms with Crippen LogP contribution in [0.2, 0.25) is 0 Å². The van der Waals surface area contributed by atoms with Gasteiger partial charge in [-0.3, -0.25) is 19.2 Å². The number of aromatic nitrogens is 2. The molecule has 9 N–H and O–H groups in total. The number of carboxylic acid groups (broad SMARTS) is 1. The number of nitrogens with zero attached hydrogens (tertiary/aromatic N) is 1. The fourth-order valence-corrected chi connectivity index (χ4v) is 3.18. The van der Waals surface area contributed by atoms with E-state index in [0.29, 0.717) is 12.1 Å². The number of hydrogen-bond acceptors (Lipinski definition) is 8. The number of carboxylic acids is 1. The Morgan fingerprint density at radius 3 is 2.26 bits per heavy atom. The summed E-state index contributed by atoms with van der Waals surface area (Å²) in [4.78, 5) is 67.4. The van der Waals surface area contributed by atoms with Crippen molar-refractivity contribution >= 4 is 42.2 Å². The molecule has 190 valence electrons. The Morgan fingerprint density at radius 2 is 1.76 bits per heavy atom. The molecular weight excluding hydrogens is 466 g/mol. The van der Waals surface area contributed by atoms with Crippen LogP contribution in [-0.4, -0.2) is 74.6 Å². The van der Waals surface area contributed by atoms with Gasteiger partial charge in [0.2, 0.25) is 23.6 Å². The van der Waals surface area contributed by atoms with Crippen LogP contribution in [0, 0.1) is 5.92 Å². The highest BCUT2D eigenvalue weighted by Crippen LogP contribution is 2.10. The highest BCUT2D eigenvalue weighted by molar-refractivity contribution is 7.80. The van der Waals surface area contributed by atoms with Crippen molar-refractivity contribution in [3.8, 4) is 0 Å². The highest BCUT2D eigenvalue weighted by atomic mass is 32.1. The Labute approximate surface area is 202 Å². The second kappa shape index (κ2) is 14.2. The predicted molar refractivity (Wildman–Crippen MR) is 125 cm³/mol. The molecule has 0 aliphatic rings. The summed E-state index contributed by atoms with van der Waals surface area (Å²) in [5, 5.41) is 16.7. The van der Waals surface area contributed by atoms with E-state index >= 15 is 0 Å². The smallest absolute Gasteiger partial charge is 0.327 e. The van der Waals surface area contributed by atoms with E-state index < -0.39 is 53.8 Å². The van der Waals surface area contributed by atoms with Crippen molar-refractivity contribution in [2.75, 3.05) is 5.75 Å². The molecule has 5 atom stereocenters. The van der Waals surface area contributed by atoms with Gasteiger partial charge in [-0.25, -0.2) is 9.78 Å². The van der Waals surface area contributed by atoms with Gasteiger partial charge < -0.3 is 37.5 Å². The van der Waals surface area contributed by atoms with Crippen LogP contribution in [0.5, 0.6) is 0 Å². The fraction of sp³-hybridized carbons (Fsp3) is 0.600. The van der Waals surface area contributed by atoms with E-state index in [1.165, 1.54) is 12.5 Å². The molecule has 0 bridgehead atoms. The molecule has 4 amide bonds. The molecule has 1 aromatic rings. The van der Waals surface area contributed by atoms with Gasteiger partial charge in [-0.1, -0.05) is 20.3 Å². The molecule has 0 aliphatic carbocycles. The van der Waals surface area contributed by atoms with Crippen molar-refractivity contribution in [2.45, 2.75) is 63.7 Å². The second-order valence-electron chi connectivity index (χ2n) is 7.91. The Balaban J connectivity index is 3.02.